The van der Waals surface area contributed by atoms with E-state index in [2.05, 4.69) is 0 Å². The van der Waals surface area contributed by atoms with E-state index in [9.17, 15) is 13.2 Å². The van der Waals surface area contributed by atoms with Crippen LogP contribution in [-0.4, -0.2) is 6.54 Å². The molecule has 0 radical (unpaired) electrons. The van der Waals surface area contributed by atoms with Crippen molar-refractivity contribution in [2.45, 2.75) is 31.5 Å². The molecule has 1 rings (SSSR count). The van der Waals surface area contributed by atoms with Crippen LogP contribution in [0.2, 0.25) is 5.02 Å². The summed E-state index contributed by atoms with van der Waals surface area (Å²) in [7, 11) is 0. The maximum Gasteiger partial charge on any atom is 0.417 e. The number of benzene rings is 1. The summed E-state index contributed by atoms with van der Waals surface area (Å²) in [5.74, 6) is 0. The van der Waals surface area contributed by atoms with Gasteiger partial charge in [0, 0.05) is 6.04 Å². The van der Waals surface area contributed by atoms with Gasteiger partial charge in [-0.1, -0.05) is 24.1 Å². The zero-order chi connectivity index (χ0) is 13.8. The standard InChI is InChI=1S/C12H16ClF3N2/c13-10-5-4-8(7-9(10)12(14,15)16)11(18)3-1-2-6-17/h4-5,7,11H,1-3,6,17-18H2/t11-/m0/s1. The second-order valence-corrected chi connectivity index (χ2v) is 4.54. The lowest BCUT2D eigenvalue weighted by Crippen LogP contribution is -2.13. The average Bonchev–Trinajstić information content (AvgIpc) is 2.28. The Bertz CT molecular complexity index is 393. The minimum Gasteiger partial charge on any atom is -0.330 e. The van der Waals surface area contributed by atoms with Crippen molar-refractivity contribution in [1.29, 1.82) is 0 Å². The highest BCUT2D eigenvalue weighted by Gasteiger charge is 2.33. The minimum atomic E-state index is -4.45. The first-order valence-electron chi connectivity index (χ1n) is 5.68. The van der Waals surface area contributed by atoms with Crippen molar-refractivity contribution in [3.05, 3.63) is 34.3 Å². The Balaban J connectivity index is 2.84. The topological polar surface area (TPSA) is 52.0 Å². The number of alkyl halides is 3. The zero-order valence-corrected chi connectivity index (χ0v) is 10.6. The molecule has 102 valence electrons. The molecule has 0 saturated heterocycles. The van der Waals surface area contributed by atoms with Crippen LogP contribution in [-0.2, 0) is 6.18 Å². The third-order valence-corrected chi connectivity index (χ3v) is 3.02. The van der Waals surface area contributed by atoms with Gasteiger partial charge in [0.15, 0.2) is 0 Å². The third-order valence-electron chi connectivity index (χ3n) is 2.69. The molecule has 0 spiro atoms. The normalized spacial score (nSPS) is 13.7. The number of rotatable bonds is 5. The molecular weight excluding hydrogens is 265 g/mol. The predicted molar refractivity (Wildman–Crippen MR) is 66.3 cm³/mol. The fraction of sp³-hybridized carbons (Fsp3) is 0.500. The first-order chi connectivity index (χ1) is 8.36. The third kappa shape index (κ3) is 4.15. The van der Waals surface area contributed by atoms with Gasteiger partial charge < -0.3 is 11.5 Å². The summed E-state index contributed by atoms with van der Waals surface area (Å²) in [4.78, 5) is 0. The number of hydrogen-bond acceptors (Lipinski definition) is 2. The van der Waals surface area contributed by atoms with E-state index in [1.165, 1.54) is 12.1 Å². The highest BCUT2D eigenvalue weighted by atomic mass is 35.5. The average molecular weight is 281 g/mol. The molecule has 0 bridgehead atoms. The summed E-state index contributed by atoms with van der Waals surface area (Å²) < 4.78 is 38.0. The molecule has 0 heterocycles. The number of hydrogen-bond donors (Lipinski definition) is 2. The highest BCUT2D eigenvalue weighted by Crippen LogP contribution is 2.36. The van der Waals surface area contributed by atoms with Crippen LogP contribution in [0.1, 0.15) is 36.4 Å². The minimum absolute atomic E-state index is 0.305. The van der Waals surface area contributed by atoms with Gasteiger partial charge in [0.05, 0.1) is 10.6 Å². The second-order valence-electron chi connectivity index (χ2n) is 4.13. The van der Waals surface area contributed by atoms with Gasteiger partial charge in [-0.3, -0.25) is 0 Å². The van der Waals surface area contributed by atoms with Crippen molar-refractivity contribution in [2.75, 3.05) is 6.54 Å². The number of nitrogens with two attached hydrogens (primary N) is 2. The molecule has 2 nitrogen and oxygen atoms in total. The largest absolute Gasteiger partial charge is 0.417 e. The van der Waals surface area contributed by atoms with E-state index < -0.39 is 17.8 Å². The van der Waals surface area contributed by atoms with Crippen LogP contribution in [0.3, 0.4) is 0 Å². The van der Waals surface area contributed by atoms with Crippen LogP contribution in [0.15, 0.2) is 18.2 Å². The Kier molecular flexibility index (Phi) is 5.44. The van der Waals surface area contributed by atoms with Gasteiger partial charge in [0.25, 0.3) is 0 Å². The lowest BCUT2D eigenvalue weighted by molar-refractivity contribution is -0.137. The van der Waals surface area contributed by atoms with Crippen LogP contribution in [0, 0.1) is 0 Å². The van der Waals surface area contributed by atoms with Crippen molar-refractivity contribution in [3.8, 4) is 0 Å². The second kappa shape index (κ2) is 6.41. The Hall–Kier alpha value is -0.780. The van der Waals surface area contributed by atoms with Crippen molar-refractivity contribution < 1.29 is 13.2 Å². The van der Waals surface area contributed by atoms with Crippen molar-refractivity contribution in [3.63, 3.8) is 0 Å². The Morgan fingerprint density at radius 3 is 2.44 bits per heavy atom. The van der Waals surface area contributed by atoms with E-state index in [1.54, 1.807) is 0 Å². The fourth-order valence-corrected chi connectivity index (χ4v) is 1.89. The van der Waals surface area contributed by atoms with Crippen molar-refractivity contribution >= 4 is 11.6 Å². The lowest BCUT2D eigenvalue weighted by Gasteiger charge is -2.15. The molecule has 0 fully saturated rings. The maximum atomic E-state index is 12.7. The van der Waals surface area contributed by atoms with Gasteiger partial charge in [-0.25, -0.2) is 0 Å². The molecule has 4 N–H and O–H groups in total. The van der Waals surface area contributed by atoms with Gasteiger partial charge in [-0.15, -0.1) is 0 Å². The Morgan fingerprint density at radius 1 is 1.22 bits per heavy atom. The maximum absolute atomic E-state index is 12.7. The molecule has 18 heavy (non-hydrogen) atoms. The van der Waals surface area contributed by atoms with Crippen molar-refractivity contribution in [2.24, 2.45) is 11.5 Å². The van der Waals surface area contributed by atoms with Crippen LogP contribution < -0.4 is 11.5 Å². The van der Waals surface area contributed by atoms with Crippen LogP contribution >= 0.6 is 11.6 Å². The van der Waals surface area contributed by atoms with Gasteiger partial charge in [0.1, 0.15) is 0 Å². The van der Waals surface area contributed by atoms with E-state index in [-0.39, 0.29) is 5.02 Å². The zero-order valence-electron chi connectivity index (χ0n) is 9.80. The molecule has 6 heteroatoms. The molecule has 1 aromatic carbocycles. The molecule has 0 saturated carbocycles. The Labute approximate surface area is 109 Å². The van der Waals surface area contributed by atoms with Gasteiger partial charge in [0.2, 0.25) is 0 Å². The molecule has 0 aromatic heterocycles. The van der Waals surface area contributed by atoms with Crippen LogP contribution in [0.4, 0.5) is 13.2 Å². The fourth-order valence-electron chi connectivity index (χ4n) is 1.67. The first kappa shape index (κ1) is 15.3. The van der Waals surface area contributed by atoms with E-state index in [0.717, 1.165) is 18.9 Å². The highest BCUT2D eigenvalue weighted by molar-refractivity contribution is 6.31. The van der Waals surface area contributed by atoms with E-state index in [4.69, 9.17) is 23.1 Å². The van der Waals surface area contributed by atoms with E-state index in [1.807, 2.05) is 0 Å². The molecule has 0 unspecified atom stereocenters. The summed E-state index contributed by atoms with van der Waals surface area (Å²) in [5.41, 5.74) is 10.8. The quantitative estimate of drug-likeness (QED) is 0.811. The van der Waals surface area contributed by atoms with Gasteiger partial charge in [-0.05, 0) is 37.1 Å². The van der Waals surface area contributed by atoms with Crippen LogP contribution in [0.5, 0.6) is 0 Å². The molecular formula is C12H16ClF3N2. The van der Waals surface area contributed by atoms with Crippen LogP contribution in [0.25, 0.3) is 0 Å². The molecule has 0 aliphatic carbocycles. The summed E-state index contributed by atoms with van der Waals surface area (Å²) in [6, 6.07) is 3.37. The van der Waals surface area contributed by atoms with E-state index >= 15 is 0 Å². The molecule has 1 aromatic rings. The van der Waals surface area contributed by atoms with Crippen molar-refractivity contribution in [1.82, 2.24) is 0 Å². The smallest absolute Gasteiger partial charge is 0.330 e. The monoisotopic (exact) mass is 280 g/mol. The van der Waals surface area contributed by atoms with E-state index in [0.29, 0.717) is 18.5 Å². The predicted octanol–water partition coefficient (Wildman–Crippen LogP) is 3.49. The SMILES string of the molecule is NCCCC[C@H](N)c1ccc(Cl)c(C(F)(F)F)c1. The number of halogens is 4. The number of unbranched alkanes of at least 4 members (excludes halogenated alkanes) is 1. The Morgan fingerprint density at radius 2 is 1.89 bits per heavy atom. The summed E-state index contributed by atoms with van der Waals surface area (Å²) in [6.45, 7) is 0.557. The summed E-state index contributed by atoms with van der Waals surface area (Å²) >= 11 is 5.53. The molecule has 0 amide bonds. The van der Waals surface area contributed by atoms with Gasteiger partial charge in [-0.2, -0.15) is 13.2 Å². The van der Waals surface area contributed by atoms with Gasteiger partial charge >= 0.3 is 6.18 Å². The molecule has 0 aliphatic heterocycles. The summed E-state index contributed by atoms with van der Waals surface area (Å²) in [6.07, 6.45) is -2.24. The summed E-state index contributed by atoms with van der Waals surface area (Å²) in [5, 5.41) is -0.305. The molecule has 0 aliphatic rings. The lowest BCUT2D eigenvalue weighted by atomic mass is 9.99. The first-order valence-corrected chi connectivity index (χ1v) is 6.06. The molecule has 1 atom stereocenters.